The van der Waals surface area contributed by atoms with E-state index in [1.165, 1.54) is 6.92 Å². The fraction of sp³-hybridized carbons (Fsp3) is 0.781. The minimum atomic E-state index is -1.61. The van der Waals surface area contributed by atoms with Crippen molar-refractivity contribution >= 4 is 17.7 Å². The van der Waals surface area contributed by atoms with Crippen molar-refractivity contribution in [1.29, 1.82) is 0 Å². The second-order valence-corrected chi connectivity index (χ2v) is 14.9. The number of fused-ring (bicyclic) bond motifs is 1. The first-order valence-electron chi connectivity index (χ1n) is 15.4. The van der Waals surface area contributed by atoms with Gasteiger partial charge in [-0.05, 0) is 43.2 Å². The second-order valence-electron chi connectivity index (χ2n) is 14.9. The molecule has 2 aliphatic heterocycles. The first-order chi connectivity index (χ1) is 20.1. The van der Waals surface area contributed by atoms with Crippen molar-refractivity contribution in [2.75, 3.05) is 6.61 Å². The number of aliphatic hydroxyl groups excluding tert-OH is 3. The highest BCUT2D eigenvalue weighted by Crippen LogP contribution is 2.82. The molecule has 0 radical (unpaired) electrons. The average Bonchev–Trinajstić information content (AvgIpc) is 3.30. The molecule has 6 fully saturated rings. The van der Waals surface area contributed by atoms with Crippen LogP contribution < -0.4 is 0 Å². The van der Waals surface area contributed by atoms with Gasteiger partial charge in [-0.1, -0.05) is 27.7 Å². The summed E-state index contributed by atoms with van der Waals surface area (Å²) in [5.41, 5.74) is -4.45. The van der Waals surface area contributed by atoms with Crippen molar-refractivity contribution in [3.05, 3.63) is 24.2 Å². The number of carbonyl (C=O) groups is 3. The van der Waals surface area contributed by atoms with Crippen LogP contribution in [0, 0.1) is 39.4 Å². The van der Waals surface area contributed by atoms with Crippen LogP contribution in [0.3, 0.4) is 0 Å². The number of esters is 2. The molecule has 14 atom stereocenters. The highest BCUT2D eigenvalue weighted by molar-refractivity contribution is 5.87. The van der Waals surface area contributed by atoms with Gasteiger partial charge in [-0.3, -0.25) is 14.4 Å². The van der Waals surface area contributed by atoms with Crippen LogP contribution in [-0.4, -0.2) is 82.1 Å². The molecule has 1 aromatic rings. The van der Waals surface area contributed by atoms with Crippen molar-refractivity contribution in [2.24, 2.45) is 39.4 Å². The van der Waals surface area contributed by atoms with Gasteiger partial charge in [0.15, 0.2) is 0 Å². The van der Waals surface area contributed by atoms with E-state index in [4.69, 9.17) is 23.4 Å². The lowest BCUT2D eigenvalue weighted by Gasteiger charge is -2.73. The molecule has 43 heavy (non-hydrogen) atoms. The first kappa shape index (κ1) is 29.4. The molecule has 7 rings (SSSR count). The Hall–Kier alpha value is -2.31. The lowest BCUT2D eigenvalue weighted by Crippen LogP contribution is -2.83. The third-order valence-electron chi connectivity index (χ3n) is 12.9. The van der Waals surface area contributed by atoms with Crippen LogP contribution >= 0.6 is 0 Å². The summed E-state index contributed by atoms with van der Waals surface area (Å²) in [5.74, 6) is -3.59. The van der Waals surface area contributed by atoms with Gasteiger partial charge in [0.05, 0.1) is 48.8 Å². The minimum Gasteiger partial charge on any atom is -0.472 e. The number of furan rings is 1. The van der Waals surface area contributed by atoms with Gasteiger partial charge < -0.3 is 38.7 Å². The SMILES string of the molecule is CC(=O)O[C@@H]1[C@H](O)[C@H](O)[C@@]23COC(OC(=O)C(C)C)[C@@]1(C)[C@@H]2C[C@@H](O)[C@]1(C)[C@@H]3C(=O)C[C@@]2(C)[C@H](c3ccoc3)C[C@H]3O[C@@]312. The first-order valence-corrected chi connectivity index (χ1v) is 15.4. The van der Waals surface area contributed by atoms with Gasteiger partial charge in [0.25, 0.3) is 0 Å². The van der Waals surface area contributed by atoms with E-state index in [-0.39, 0.29) is 37.3 Å². The lowest BCUT2D eigenvalue weighted by molar-refractivity contribution is -0.389. The molecule has 4 aliphatic carbocycles. The summed E-state index contributed by atoms with van der Waals surface area (Å²) in [6, 6.07) is 1.91. The van der Waals surface area contributed by atoms with Crippen LogP contribution in [-0.2, 0) is 33.3 Å². The maximum Gasteiger partial charge on any atom is 0.310 e. The number of ketones is 1. The normalized spacial score (nSPS) is 52.9. The van der Waals surface area contributed by atoms with E-state index in [9.17, 15) is 29.7 Å². The maximum atomic E-state index is 14.7. The number of Topliss-reactive ketones (excluding diaryl/α,β-unsaturated/α-hetero) is 1. The van der Waals surface area contributed by atoms with Crippen molar-refractivity contribution in [3.8, 4) is 0 Å². The fourth-order valence-electron chi connectivity index (χ4n) is 11.2. The molecular weight excluding hydrogens is 560 g/mol. The molecule has 3 N–H and O–H groups in total. The highest BCUT2D eigenvalue weighted by atomic mass is 16.7. The molecule has 1 unspecified atom stereocenters. The van der Waals surface area contributed by atoms with Crippen LogP contribution in [0.1, 0.15) is 72.3 Å². The van der Waals surface area contributed by atoms with Gasteiger partial charge in [-0.15, -0.1) is 0 Å². The Kier molecular flexibility index (Phi) is 6.09. The number of ether oxygens (including phenoxy) is 4. The van der Waals surface area contributed by atoms with Crippen LogP contribution in [0.25, 0.3) is 0 Å². The Labute approximate surface area is 250 Å². The molecular formula is C32H42O11. The van der Waals surface area contributed by atoms with Crippen molar-refractivity contribution in [3.63, 3.8) is 0 Å². The number of carbonyl (C=O) groups excluding carboxylic acids is 3. The third kappa shape index (κ3) is 3.20. The Morgan fingerprint density at radius 2 is 1.81 bits per heavy atom. The van der Waals surface area contributed by atoms with E-state index >= 15 is 0 Å². The average molecular weight is 603 g/mol. The molecule has 3 heterocycles. The third-order valence-corrected chi connectivity index (χ3v) is 12.9. The van der Waals surface area contributed by atoms with Gasteiger partial charge in [-0.25, -0.2) is 0 Å². The largest absolute Gasteiger partial charge is 0.472 e. The molecule has 1 aromatic heterocycles. The van der Waals surface area contributed by atoms with Crippen molar-refractivity contribution in [1.82, 2.24) is 0 Å². The Balaban J connectivity index is 1.38. The van der Waals surface area contributed by atoms with Gasteiger partial charge >= 0.3 is 11.9 Å². The van der Waals surface area contributed by atoms with E-state index in [2.05, 4.69) is 6.92 Å². The lowest BCUT2D eigenvalue weighted by atomic mass is 9.33. The summed E-state index contributed by atoms with van der Waals surface area (Å²) in [7, 11) is 0. The summed E-state index contributed by atoms with van der Waals surface area (Å²) < 4.78 is 29.8. The topological polar surface area (TPSA) is 165 Å². The molecule has 2 saturated heterocycles. The van der Waals surface area contributed by atoms with E-state index in [0.717, 1.165) is 5.56 Å². The Bertz CT molecular complexity index is 1360. The predicted molar refractivity (Wildman–Crippen MR) is 146 cm³/mol. The molecule has 1 spiro atoms. The smallest absolute Gasteiger partial charge is 0.310 e. The summed E-state index contributed by atoms with van der Waals surface area (Å²) >= 11 is 0. The van der Waals surface area contributed by atoms with Gasteiger partial charge in [0.1, 0.15) is 23.6 Å². The van der Waals surface area contributed by atoms with E-state index in [1.54, 1.807) is 33.3 Å². The zero-order valence-electron chi connectivity index (χ0n) is 25.4. The number of aliphatic hydroxyl groups is 3. The van der Waals surface area contributed by atoms with Gasteiger partial charge in [0, 0.05) is 35.5 Å². The summed E-state index contributed by atoms with van der Waals surface area (Å²) in [6.45, 7) is 9.99. The van der Waals surface area contributed by atoms with Crippen molar-refractivity contribution < 1.29 is 53.1 Å². The van der Waals surface area contributed by atoms with Crippen molar-refractivity contribution in [2.45, 2.75) is 109 Å². The van der Waals surface area contributed by atoms with Crippen LogP contribution in [0.5, 0.6) is 0 Å². The quantitative estimate of drug-likeness (QED) is 0.341. The second kappa shape index (κ2) is 8.90. The van der Waals surface area contributed by atoms with Gasteiger partial charge in [-0.2, -0.15) is 0 Å². The number of hydrogen-bond acceptors (Lipinski definition) is 11. The molecule has 236 valence electrons. The molecule has 0 aromatic carbocycles. The molecule has 2 bridgehead atoms. The predicted octanol–water partition coefficient (Wildman–Crippen LogP) is 2.10. The monoisotopic (exact) mass is 602 g/mol. The Morgan fingerprint density at radius 3 is 2.44 bits per heavy atom. The summed E-state index contributed by atoms with van der Waals surface area (Å²) in [4.78, 5) is 39.8. The van der Waals surface area contributed by atoms with Crippen LogP contribution in [0.4, 0.5) is 0 Å². The molecule has 6 aliphatic rings. The molecule has 11 heteroatoms. The van der Waals surface area contributed by atoms with Crippen LogP contribution in [0.2, 0.25) is 0 Å². The Morgan fingerprint density at radius 1 is 1.09 bits per heavy atom. The van der Waals surface area contributed by atoms with E-state index < -0.39 is 87.7 Å². The summed E-state index contributed by atoms with van der Waals surface area (Å²) in [5, 5.41) is 36.1. The minimum absolute atomic E-state index is 0.0305. The zero-order chi connectivity index (χ0) is 31.1. The fourth-order valence-corrected chi connectivity index (χ4v) is 11.2. The van der Waals surface area contributed by atoms with E-state index in [0.29, 0.717) is 6.42 Å². The number of epoxide rings is 1. The van der Waals surface area contributed by atoms with E-state index in [1.807, 2.05) is 13.0 Å². The zero-order valence-corrected chi connectivity index (χ0v) is 25.4. The maximum absolute atomic E-state index is 14.7. The molecule has 11 nitrogen and oxygen atoms in total. The number of hydrogen-bond donors (Lipinski definition) is 3. The summed E-state index contributed by atoms with van der Waals surface area (Å²) in [6.07, 6.45) is -2.80. The highest BCUT2D eigenvalue weighted by Gasteiger charge is 2.90. The van der Waals surface area contributed by atoms with Gasteiger partial charge in [0.2, 0.25) is 6.29 Å². The number of rotatable bonds is 4. The molecule has 0 amide bonds. The standard InChI is InChI=1S/C32H42O11/c1-14(2)26(38)42-27-29(5)19-10-20(35)30(6)23(31(19,13-40-27)24(37)22(36)25(29)41-15(3)33)18(34)11-28(4)17(16-7-8-39-12-16)9-21-32(28,30)43-21/h7-8,12,14,17,19-25,27,35-37H,9-11,13H2,1-6H3/t17-,19-,20+,21+,22+,23-,24-,25+,27?,28-,29-,30+,31-,32+/m0/s1. The van der Waals surface area contributed by atoms with Crippen LogP contribution in [0.15, 0.2) is 23.0 Å². The molecule has 4 saturated carbocycles.